The number of rotatable bonds is 7. The molecule has 1 aliphatic rings. The lowest BCUT2D eigenvalue weighted by Crippen LogP contribution is -2.74. The molecule has 2 heterocycles. The number of hydrogen-bond acceptors (Lipinski definition) is 12. The summed E-state index contributed by atoms with van der Waals surface area (Å²) in [6.45, 7) is 2.95. The lowest BCUT2D eigenvalue weighted by molar-refractivity contribution is -0.281. The lowest BCUT2D eigenvalue weighted by Gasteiger charge is -2.49. The van der Waals surface area contributed by atoms with E-state index in [0.29, 0.717) is 0 Å². The van der Waals surface area contributed by atoms with Crippen molar-refractivity contribution in [3.8, 4) is 0 Å². The number of nitrogens with one attached hydrogen (secondary N) is 3. The minimum Gasteiger partial charge on any atom is -0.455 e. The summed E-state index contributed by atoms with van der Waals surface area (Å²) in [6.07, 6.45) is -4.08. The van der Waals surface area contributed by atoms with E-state index in [2.05, 4.69) is 15.7 Å². The summed E-state index contributed by atoms with van der Waals surface area (Å²) in [4.78, 5) is 76.5. The van der Waals surface area contributed by atoms with Crippen molar-refractivity contribution in [2.75, 3.05) is 6.61 Å². The predicted molar refractivity (Wildman–Crippen MR) is 115 cm³/mol. The minimum absolute atomic E-state index is 0.173. The Morgan fingerprint density at radius 3 is 1.97 bits per heavy atom. The van der Waals surface area contributed by atoms with Crippen LogP contribution in [0.4, 0.5) is 4.79 Å². The number of aromatic nitrogens is 1. The van der Waals surface area contributed by atoms with Gasteiger partial charge in [0.25, 0.3) is 5.91 Å². The highest BCUT2D eigenvalue weighted by Crippen LogP contribution is 2.35. The standard InChI is InChI=1S/C21H26N4O11/c1-10(27)21(9-26)17(35-13(4)30)15(33-11(2)28)16(34-12(3)29)19(36-21)23-20(32)25-24-18(31)14-5-7-22-8-6-14/h5-8,15-17,19,26H,9H2,1-4H3,(H,24,31)(H2,23,25,32)/t15-,16-,17+,19-,21+/m1/s1. The van der Waals surface area contributed by atoms with E-state index in [0.717, 1.165) is 27.7 Å². The van der Waals surface area contributed by atoms with Crippen molar-refractivity contribution in [2.45, 2.75) is 57.8 Å². The number of amides is 3. The molecule has 1 aromatic heterocycles. The monoisotopic (exact) mass is 510 g/mol. The third-order valence-corrected chi connectivity index (χ3v) is 4.95. The summed E-state index contributed by atoms with van der Waals surface area (Å²) < 4.78 is 21.2. The molecule has 0 aliphatic carbocycles. The number of esters is 3. The third kappa shape index (κ3) is 6.73. The van der Waals surface area contributed by atoms with Crippen LogP contribution in [0.15, 0.2) is 24.5 Å². The molecule has 0 spiro atoms. The van der Waals surface area contributed by atoms with Gasteiger partial charge in [-0.05, 0) is 19.1 Å². The zero-order valence-electron chi connectivity index (χ0n) is 19.8. The number of hydrogen-bond donors (Lipinski definition) is 4. The van der Waals surface area contributed by atoms with E-state index in [9.17, 15) is 33.9 Å². The molecular weight excluding hydrogens is 484 g/mol. The number of Topliss-reactive ketones (excluding diaryl/α,β-unsaturated/α-hetero) is 1. The second-order valence-corrected chi connectivity index (χ2v) is 7.61. The van der Waals surface area contributed by atoms with Gasteiger partial charge in [-0.1, -0.05) is 0 Å². The number of aliphatic hydroxyl groups is 1. The summed E-state index contributed by atoms with van der Waals surface area (Å²) in [5.41, 5.74) is 2.02. The van der Waals surface area contributed by atoms with Crippen LogP contribution in [0.25, 0.3) is 0 Å². The maximum Gasteiger partial charge on any atom is 0.335 e. The van der Waals surface area contributed by atoms with Gasteiger partial charge >= 0.3 is 23.9 Å². The van der Waals surface area contributed by atoms with Crippen LogP contribution in [-0.2, 0) is 38.1 Å². The molecule has 0 unspecified atom stereocenters. The largest absolute Gasteiger partial charge is 0.455 e. The zero-order valence-corrected chi connectivity index (χ0v) is 19.8. The fourth-order valence-corrected chi connectivity index (χ4v) is 3.44. The van der Waals surface area contributed by atoms with Gasteiger partial charge in [0.2, 0.25) is 0 Å². The molecule has 1 aromatic rings. The van der Waals surface area contributed by atoms with Crippen LogP contribution in [0.5, 0.6) is 0 Å². The highest BCUT2D eigenvalue weighted by molar-refractivity contribution is 5.95. The van der Waals surface area contributed by atoms with Crippen LogP contribution < -0.4 is 16.2 Å². The summed E-state index contributed by atoms with van der Waals surface area (Å²) in [7, 11) is 0. The molecule has 15 nitrogen and oxygen atoms in total. The molecule has 1 fully saturated rings. The van der Waals surface area contributed by atoms with E-state index in [4.69, 9.17) is 18.9 Å². The number of urea groups is 1. The highest BCUT2D eigenvalue weighted by Gasteiger charge is 2.62. The summed E-state index contributed by atoms with van der Waals surface area (Å²) in [5, 5.41) is 12.3. The molecule has 0 saturated carbocycles. The van der Waals surface area contributed by atoms with Gasteiger partial charge in [-0.3, -0.25) is 34.4 Å². The SMILES string of the molecule is CC(=O)O[C@@H]1[C@@H](OC(C)=O)[C@H](OC(C)=O)[C@](CO)(C(C)=O)O[C@H]1NC(=O)NNC(=O)c1ccncc1. The molecular formula is C21H26N4O11. The van der Waals surface area contributed by atoms with Gasteiger partial charge in [-0.15, -0.1) is 0 Å². The first-order valence-corrected chi connectivity index (χ1v) is 10.5. The molecule has 2 rings (SSSR count). The van der Waals surface area contributed by atoms with Crippen molar-refractivity contribution >= 4 is 35.6 Å². The van der Waals surface area contributed by atoms with E-state index in [1.54, 1.807) is 0 Å². The maximum atomic E-state index is 12.6. The molecule has 1 saturated heterocycles. The quantitative estimate of drug-likeness (QED) is 0.188. The van der Waals surface area contributed by atoms with Gasteiger partial charge in [0.15, 0.2) is 35.9 Å². The third-order valence-electron chi connectivity index (χ3n) is 4.95. The van der Waals surface area contributed by atoms with Crippen molar-refractivity contribution in [2.24, 2.45) is 0 Å². The first kappa shape index (κ1) is 28.1. The first-order chi connectivity index (χ1) is 16.9. The van der Waals surface area contributed by atoms with Crippen LogP contribution >= 0.6 is 0 Å². The van der Waals surface area contributed by atoms with Crippen molar-refractivity contribution in [1.29, 1.82) is 0 Å². The van der Waals surface area contributed by atoms with Crippen LogP contribution in [0.3, 0.4) is 0 Å². The Hall–Kier alpha value is -4.11. The fraction of sp³-hybridized carbons (Fsp3) is 0.476. The number of carbonyl (C=O) groups excluding carboxylic acids is 6. The van der Waals surface area contributed by atoms with E-state index in [1.165, 1.54) is 24.5 Å². The number of aliphatic hydroxyl groups excluding tert-OH is 1. The van der Waals surface area contributed by atoms with Gasteiger partial charge in [0.1, 0.15) is 0 Å². The van der Waals surface area contributed by atoms with E-state index >= 15 is 0 Å². The second kappa shape index (κ2) is 12.0. The summed E-state index contributed by atoms with van der Waals surface area (Å²) in [5.74, 6) is -4.30. The molecule has 196 valence electrons. The molecule has 1 aliphatic heterocycles. The normalized spacial score (nSPS) is 25.0. The topological polar surface area (TPSA) is 209 Å². The highest BCUT2D eigenvalue weighted by atomic mass is 16.7. The van der Waals surface area contributed by atoms with Crippen LogP contribution in [0, 0.1) is 0 Å². The average Bonchev–Trinajstić information content (AvgIpc) is 2.80. The number of ketones is 1. The maximum absolute atomic E-state index is 12.6. The van der Waals surface area contributed by atoms with Gasteiger partial charge in [0.05, 0.1) is 6.61 Å². The van der Waals surface area contributed by atoms with E-state index in [1.807, 2.05) is 5.43 Å². The Kier molecular flexibility index (Phi) is 9.40. The Morgan fingerprint density at radius 1 is 0.917 bits per heavy atom. The Morgan fingerprint density at radius 2 is 1.47 bits per heavy atom. The molecule has 3 amide bonds. The van der Waals surface area contributed by atoms with E-state index < -0.39 is 72.4 Å². The smallest absolute Gasteiger partial charge is 0.335 e. The van der Waals surface area contributed by atoms with Crippen LogP contribution in [0.2, 0.25) is 0 Å². The van der Waals surface area contributed by atoms with Gasteiger partial charge in [-0.2, -0.15) is 0 Å². The number of hydrazine groups is 1. The first-order valence-electron chi connectivity index (χ1n) is 10.5. The van der Waals surface area contributed by atoms with E-state index in [-0.39, 0.29) is 5.56 Å². The molecule has 0 aromatic carbocycles. The number of pyridine rings is 1. The van der Waals surface area contributed by atoms with Gasteiger partial charge in [0, 0.05) is 38.7 Å². The lowest BCUT2D eigenvalue weighted by atomic mass is 9.83. The van der Waals surface area contributed by atoms with Crippen LogP contribution in [0.1, 0.15) is 38.1 Å². The average molecular weight is 510 g/mol. The molecule has 36 heavy (non-hydrogen) atoms. The van der Waals surface area contributed by atoms with Crippen LogP contribution in [-0.4, -0.2) is 82.5 Å². The Labute approximate surface area is 204 Å². The molecule has 5 atom stereocenters. The van der Waals surface area contributed by atoms with Gasteiger partial charge < -0.3 is 29.4 Å². The summed E-state index contributed by atoms with van der Waals surface area (Å²) in [6, 6.07) is 1.68. The van der Waals surface area contributed by atoms with Crippen molar-refractivity contribution in [3.05, 3.63) is 30.1 Å². The molecule has 15 heteroatoms. The van der Waals surface area contributed by atoms with Crippen molar-refractivity contribution < 1.29 is 52.8 Å². The number of ether oxygens (including phenoxy) is 4. The molecule has 0 radical (unpaired) electrons. The fourth-order valence-electron chi connectivity index (χ4n) is 3.44. The second-order valence-electron chi connectivity index (χ2n) is 7.61. The molecule has 0 bridgehead atoms. The van der Waals surface area contributed by atoms with Gasteiger partial charge in [-0.25, -0.2) is 10.2 Å². The zero-order chi connectivity index (χ0) is 27.0. The number of carbonyl (C=O) groups is 6. The predicted octanol–water partition coefficient (Wildman–Crippen LogP) is -1.50. The minimum atomic E-state index is -2.32. The van der Waals surface area contributed by atoms with Crippen molar-refractivity contribution in [3.63, 3.8) is 0 Å². The molecule has 4 N–H and O–H groups in total. The Bertz CT molecular complexity index is 1020. The summed E-state index contributed by atoms with van der Waals surface area (Å²) >= 11 is 0. The number of nitrogens with zero attached hydrogens (tertiary/aromatic N) is 1. The Balaban J connectivity index is 2.37. The van der Waals surface area contributed by atoms with Crippen molar-refractivity contribution in [1.82, 2.24) is 21.2 Å².